The smallest absolute Gasteiger partial charge is 0.197 e. The zero-order chi connectivity index (χ0) is 22.7. The quantitative estimate of drug-likeness (QED) is 0.449. The summed E-state index contributed by atoms with van der Waals surface area (Å²) in [5, 5.41) is 14.9. The number of aliphatic hydroxyl groups excluding tert-OH is 1. The summed E-state index contributed by atoms with van der Waals surface area (Å²) >= 11 is 0. The van der Waals surface area contributed by atoms with Crippen molar-refractivity contribution in [3.8, 4) is 0 Å². The number of carbonyl (C=O) groups excluding carboxylic acids is 1. The van der Waals surface area contributed by atoms with E-state index in [2.05, 4.69) is 0 Å². The van der Waals surface area contributed by atoms with Crippen molar-refractivity contribution in [3.63, 3.8) is 0 Å². The molecule has 0 atom stereocenters. The van der Waals surface area contributed by atoms with E-state index in [0.29, 0.717) is 27.3 Å². The summed E-state index contributed by atoms with van der Waals surface area (Å²) in [5.41, 5.74) is 0.518. The number of hydrogen-bond acceptors (Lipinski definition) is 4. The second-order valence-corrected chi connectivity index (χ2v) is 8.11. The molecule has 0 spiro atoms. The molecule has 0 saturated heterocycles. The van der Waals surface area contributed by atoms with Gasteiger partial charge in [-0.2, -0.15) is 0 Å². The van der Waals surface area contributed by atoms with Crippen molar-refractivity contribution in [1.82, 2.24) is 0 Å². The van der Waals surface area contributed by atoms with E-state index in [-0.39, 0.29) is 33.2 Å². The Morgan fingerprint density at radius 3 is 1.82 bits per heavy atom. The van der Waals surface area contributed by atoms with Gasteiger partial charge in [0.25, 0.3) is 0 Å². The molecule has 0 radical (unpaired) electrons. The van der Waals surface area contributed by atoms with Crippen LogP contribution in [0.2, 0.25) is 0 Å². The fourth-order valence-electron chi connectivity index (χ4n) is 4.78. The highest BCUT2D eigenvalue weighted by Crippen LogP contribution is 2.35. The minimum absolute atomic E-state index is 0.0308. The Kier molecular flexibility index (Phi) is 4.04. The summed E-state index contributed by atoms with van der Waals surface area (Å²) in [5.74, 6) is -0.418. The summed E-state index contributed by atoms with van der Waals surface area (Å²) in [6.07, 6.45) is 4.37. The van der Waals surface area contributed by atoms with Crippen LogP contribution < -0.4 is 16.1 Å². The first-order chi connectivity index (χ1) is 16.1. The minimum atomic E-state index is -0.350. The van der Waals surface area contributed by atoms with E-state index in [4.69, 9.17) is 0 Å². The molecule has 0 heterocycles. The van der Waals surface area contributed by atoms with Crippen LogP contribution in [0.15, 0.2) is 100 Å². The highest BCUT2D eigenvalue weighted by atomic mass is 16.3. The van der Waals surface area contributed by atoms with Crippen molar-refractivity contribution in [2.75, 3.05) is 0 Å². The highest BCUT2D eigenvalue weighted by molar-refractivity contribution is 6.25. The average molecular weight is 428 g/mol. The first-order valence-corrected chi connectivity index (χ1v) is 10.6. The molecule has 5 aromatic rings. The SMILES string of the molecule is O=C1C(/C=C/C=c2c(=O)c3cccc4cccc(c2=O)c43)=C(O)c2cccc3cccc1c23. The van der Waals surface area contributed by atoms with Crippen LogP contribution in [-0.2, 0) is 0 Å². The fraction of sp³-hybridized carbons (Fsp3) is 0. The maximum Gasteiger partial charge on any atom is 0.197 e. The van der Waals surface area contributed by atoms with Gasteiger partial charge in [-0.05, 0) is 22.9 Å². The van der Waals surface area contributed by atoms with Gasteiger partial charge >= 0.3 is 0 Å². The van der Waals surface area contributed by atoms with E-state index in [9.17, 15) is 19.5 Å². The lowest BCUT2D eigenvalue weighted by Crippen LogP contribution is -2.38. The molecule has 156 valence electrons. The van der Waals surface area contributed by atoms with Gasteiger partial charge in [-0.25, -0.2) is 0 Å². The predicted octanol–water partition coefficient (Wildman–Crippen LogP) is 4.53. The van der Waals surface area contributed by atoms with E-state index in [1.807, 2.05) is 36.4 Å². The molecule has 0 unspecified atom stereocenters. The normalized spacial score (nSPS) is 13.6. The van der Waals surface area contributed by atoms with Gasteiger partial charge < -0.3 is 5.11 Å². The summed E-state index contributed by atoms with van der Waals surface area (Å²) in [6.45, 7) is 0. The topological polar surface area (TPSA) is 71.4 Å². The van der Waals surface area contributed by atoms with Gasteiger partial charge in [-0.1, -0.05) is 78.9 Å². The predicted molar refractivity (Wildman–Crippen MR) is 132 cm³/mol. The van der Waals surface area contributed by atoms with E-state index in [1.165, 1.54) is 18.2 Å². The Morgan fingerprint density at radius 1 is 0.636 bits per heavy atom. The zero-order valence-corrected chi connectivity index (χ0v) is 17.3. The van der Waals surface area contributed by atoms with Crippen molar-refractivity contribution < 1.29 is 9.90 Å². The van der Waals surface area contributed by atoms with Crippen LogP contribution >= 0.6 is 0 Å². The molecule has 6 rings (SSSR count). The molecular weight excluding hydrogens is 412 g/mol. The largest absolute Gasteiger partial charge is 0.507 e. The van der Waals surface area contributed by atoms with Gasteiger partial charge in [0.05, 0.1) is 10.8 Å². The molecule has 0 aliphatic heterocycles. The Labute approximate surface area is 187 Å². The van der Waals surface area contributed by atoms with Crippen LogP contribution in [0.25, 0.3) is 44.2 Å². The standard InChI is InChI=1S/C29H16O4/c30-26-18-10-1-6-16-7-2-11-19(24(16)18)27(31)22(26)14-5-15-23-28(32)20-12-3-8-17-9-4-13-21(25(17)20)29(23)33/h1-15,30H/b14-5+. The molecule has 1 aliphatic carbocycles. The van der Waals surface area contributed by atoms with Gasteiger partial charge in [0, 0.05) is 32.7 Å². The summed E-state index contributed by atoms with van der Waals surface area (Å²) in [6, 6.07) is 21.7. The van der Waals surface area contributed by atoms with Crippen LogP contribution in [0, 0.1) is 0 Å². The molecule has 5 aromatic carbocycles. The fourth-order valence-corrected chi connectivity index (χ4v) is 4.78. The second kappa shape index (κ2) is 6.97. The molecule has 4 heteroatoms. The first kappa shape index (κ1) is 19.1. The molecule has 1 N–H and O–H groups in total. The lowest BCUT2D eigenvalue weighted by Gasteiger charge is -2.17. The van der Waals surface area contributed by atoms with Crippen molar-refractivity contribution in [2.45, 2.75) is 0 Å². The number of Topliss-reactive ketones (excluding diaryl/α,β-unsaturated/α-hetero) is 1. The van der Waals surface area contributed by atoms with Crippen molar-refractivity contribution in [2.24, 2.45) is 0 Å². The molecular formula is C29H16O4. The monoisotopic (exact) mass is 428 g/mol. The maximum absolute atomic E-state index is 13.1. The molecule has 33 heavy (non-hydrogen) atoms. The van der Waals surface area contributed by atoms with E-state index in [0.717, 1.165) is 16.2 Å². The van der Waals surface area contributed by atoms with Crippen molar-refractivity contribution in [3.05, 3.63) is 127 Å². The molecule has 0 bridgehead atoms. The Hall–Kier alpha value is -4.57. The van der Waals surface area contributed by atoms with E-state index < -0.39 is 0 Å². The van der Waals surface area contributed by atoms with Gasteiger partial charge in [-0.15, -0.1) is 0 Å². The van der Waals surface area contributed by atoms with Crippen LogP contribution in [0.1, 0.15) is 15.9 Å². The minimum Gasteiger partial charge on any atom is -0.507 e. The Morgan fingerprint density at radius 2 is 1.18 bits per heavy atom. The third-order valence-electron chi connectivity index (χ3n) is 6.31. The Balaban J connectivity index is 1.55. The molecule has 0 fully saturated rings. The number of allylic oxidation sites excluding steroid dienone is 3. The summed E-state index contributed by atoms with van der Waals surface area (Å²) in [7, 11) is 0. The molecule has 0 amide bonds. The Bertz CT molecular complexity index is 1810. The number of rotatable bonds is 2. The van der Waals surface area contributed by atoms with Gasteiger partial charge in [0.2, 0.25) is 0 Å². The van der Waals surface area contributed by atoms with E-state index in [1.54, 1.807) is 36.4 Å². The molecule has 0 saturated carbocycles. The third kappa shape index (κ3) is 2.68. The van der Waals surface area contributed by atoms with Gasteiger partial charge in [0.1, 0.15) is 5.76 Å². The highest BCUT2D eigenvalue weighted by Gasteiger charge is 2.25. The maximum atomic E-state index is 13.1. The lowest BCUT2D eigenvalue weighted by molar-refractivity contribution is 0.103. The zero-order valence-electron chi connectivity index (χ0n) is 17.3. The first-order valence-electron chi connectivity index (χ1n) is 10.6. The van der Waals surface area contributed by atoms with Crippen LogP contribution in [0.4, 0.5) is 0 Å². The number of benzene rings is 5. The van der Waals surface area contributed by atoms with Crippen molar-refractivity contribution >= 4 is 49.9 Å². The number of carbonyl (C=O) groups is 1. The molecule has 1 aliphatic rings. The summed E-state index contributed by atoms with van der Waals surface area (Å²) < 4.78 is 0. The van der Waals surface area contributed by atoms with Crippen molar-refractivity contribution in [1.29, 1.82) is 0 Å². The van der Waals surface area contributed by atoms with Crippen LogP contribution in [0.3, 0.4) is 0 Å². The molecule has 4 nitrogen and oxygen atoms in total. The number of hydrogen-bond donors (Lipinski definition) is 1. The number of aliphatic hydroxyl groups is 1. The van der Waals surface area contributed by atoms with Crippen LogP contribution in [0.5, 0.6) is 0 Å². The van der Waals surface area contributed by atoms with E-state index >= 15 is 0 Å². The summed E-state index contributed by atoms with van der Waals surface area (Å²) in [4.78, 5) is 39.2. The van der Waals surface area contributed by atoms with Crippen LogP contribution in [-0.4, -0.2) is 10.9 Å². The third-order valence-corrected chi connectivity index (χ3v) is 6.31. The lowest BCUT2D eigenvalue weighted by atomic mass is 9.86. The number of ketones is 1. The van der Waals surface area contributed by atoms with Gasteiger partial charge in [-0.3, -0.25) is 14.4 Å². The second-order valence-electron chi connectivity index (χ2n) is 8.11. The van der Waals surface area contributed by atoms with Gasteiger partial charge in [0.15, 0.2) is 16.6 Å². The molecule has 0 aromatic heterocycles. The average Bonchev–Trinajstić information content (AvgIpc) is 2.84.